The molecule has 1 atom stereocenters. The molecule has 0 aliphatic heterocycles. The lowest BCUT2D eigenvalue weighted by Gasteiger charge is -2.12. The number of rotatable bonds is 7. The summed E-state index contributed by atoms with van der Waals surface area (Å²) in [6.07, 6.45) is 1.51. The summed E-state index contributed by atoms with van der Waals surface area (Å²) in [7, 11) is 0. The SMILES string of the molecule is CC(CCNC(=O)Nc1ccc(Br)c(Cl)c1)CCC(=O)O. The van der Waals surface area contributed by atoms with Gasteiger partial charge in [-0.15, -0.1) is 0 Å². The van der Waals surface area contributed by atoms with Crippen LogP contribution in [0.15, 0.2) is 22.7 Å². The third-order valence-corrected chi connectivity index (χ3v) is 4.18. The minimum atomic E-state index is -0.792. The van der Waals surface area contributed by atoms with Gasteiger partial charge in [0.25, 0.3) is 0 Å². The number of amides is 2. The molecule has 0 aliphatic rings. The predicted molar refractivity (Wildman–Crippen MR) is 86.8 cm³/mol. The topological polar surface area (TPSA) is 78.4 Å². The van der Waals surface area contributed by atoms with E-state index in [4.69, 9.17) is 16.7 Å². The van der Waals surface area contributed by atoms with Crippen molar-refractivity contribution >= 4 is 45.2 Å². The molecule has 0 saturated carbocycles. The first-order valence-electron chi connectivity index (χ1n) is 6.60. The van der Waals surface area contributed by atoms with Crippen LogP contribution in [0.25, 0.3) is 0 Å². The predicted octanol–water partition coefficient (Wildman–Crippen LogP) is 4.12. The second-order valence-electron chi connectivity index (χ2n) is 4.84. The molecule has 3 N–H and O–H groups in total. The maximum absolute atomic E-state index is 11.7. The highest BCUT2D eigenvalue weighted by Gasteiger charge is 2.07. The Kier molecular flexibility index (Phi) is 7.53. The van der Waals surface area contributed by atoms with Crippen LogP contribution in [-0.4, -0.2) is 23.7 Å². The van der Waals surface area contributed by atoms with Crippen molar-refractivity contribution < 1.29 is 14.7 Å². The Morgan fingerprint density at radius 2 is 2.10 bits per heavy atom. The molecular weight excluding hydrogens is 360 g/mol. The monoisotopic (exact) mass is 376 g/mol. The number of carboxylic acid groups (broad SMARTS) is 1. The summed E-state index contributed by atoms with van der Waals surface area (Å²) in [4.78, 5) is 22.1. The number of carbonyl (C=O) groups excluding carboxylic acids is 1. The highest BCUT2D eigenvalue weighted by molar-refractivity contribution is 9.10. The molecule has 2 amide bonds. The third kappa shape index (κ3) is 7.34. The van der Waals surface area contributed by atoms with Crippen LogP contribution in [-0.2, 0) is 4.79 Å². The van der Waals surface area contributed by atoms with Crippen molar-refractivity contribution in [2.45, 2.75) is 26.2 Å². The Labute approximate surface area is 137 Å². The average molecular weight is 378 g/mol. The second-order valence-corrected chi connectivity index (χ2v) is 6.10. The van der Waals surface area contributed by atoms with Gasteiger partial charge in [0.05, 0.1) is 5.02 Å². The van der Waals surface area contributed by atoms with Gasteiger partial charge in [-0.25, -0.2) is 4.79 Å². The molecule has 1 unspecified atom stereocenters. The maximum atomic E-state index is 11.7. The van der Waals surface area contributed by atoms with Crippen LogP contribution in [0.1, 0.15) is 26.2 Å². The minimum absolute atomic E-state index is 0.157. The van der Waals surface area contributed by atoms with Crippen molar-refractivity contribution in [1.29, 1.82) is 0 Å². The van der Waals surface area contributed by atoms with Crippen molar-refractivity contribution in [2.75, 3.05) is 11.9 Å². The minimum Gasteiger partial charge on any atom is -0.481 e. The fourth-order valence-corrected chi connectivity index (χ4v) is 2.12. The molecule has 0 radical (unpaired) electrons. The number of benzene rings is 1. The van der Waals surface area contributed by atoms with Gasteiger partial charge in [0.2, 0.25) is 0 Å². The van der Waals surface area contributed by atoms with Gasteiger partial charge in [0, 0.05) is 23.1 Å². The molecule has 0 spiro atoms. The highest BCUT2D eigenvalue weighted by atomic mass is 79.9. The summed E-state index contributed by atoms with van der Waals surface area (Å²) in [5, 5.41) is 14.5. The summed E-state index contributed by atoms with van der Waals surface area (Å²) in [5.74, 6) is -0.539. The quantitative estimate of drug-likeness (QED) is 0.669. The Morgan fingerprint density at radius 1 is 1.38 bits per heavy atom. The van der Waals surface area contributed by atoms with Crippen molar-refractivity contribution in [3.05, 3.63) is 27.7 Å². The number of aliphatic carboxylic acids is 1. The molecule has 0 aliphatic carbocycles. The van der Waals surface area contributed by atoms with Crippen LogP contribution in [0.3, 0.4) is 0 Å². The second kappa shape index (κ2) is 8.89. The summed E-state index contributed by atoms with van der Waals surface area (Å²) >= 11 is 9.21. The first kappa shape index (κ1) is 17.8. The van der Waals surface area contributed by atoms with Crippen LogP contribution in [0.4, 0.5) is 10.5 Å². The van der Waals surface area contributed by atoms with Gasteiger partial charge in [-0.2, -0.15) is 0 Å². The molecule has 0 heterocycles. The number of nitrogens with one attached hydrogen (secondary N) is 2. The van der Waals surface area contributed by atoms with Gasteiger partial charge in [-0.1, -0.05) is 18.5 Å². The first-order chi connectivity index (χ1) is 9.88. The van der Waals surface area contributed by atoms with Gasteiger partial charge in [0.15, 0.2) is 0 Å². The van der Waals surface area contributed by atoms with Crippen LogP contribution in [0.5, 0.6) is 0 Å². The summed E-state index contributed by atoms with van der Waals surface area (Å²) in [5.41, 5.74) is 0.611. The number of urea groups is 1. The number of anilines is 1. The van der Waals surface area contributed by atoms with Crippen LogP contribution < -0.4 is 10.6 Å². The van der Waals surface area contributed by atoms with Crippen molar-refractivity contribution in [1.82, 2.24) is 5.32 Å². The molecule has 1 aromatic carbocycles. The molecule has 116 valence electrons. The zero-order chi connectivity index (χ0) is 15.8. The van der Waals surface area contributed by atoms with Crippen LogP contribution in [0.2, 0.25) is 5.02 Å². The normalized spacial score (nSPS) is 11.8. The van der Waals surface area contributed by atoms with Gasteiger partial charge < -0.3 is 15.7 Å². The van der Waals surface area contributed by atoms with E-state index in [0.29, 0.717) is 23.7 Å². The molecular formula is C14H18BrClN2O3. The number of carbonyl (C=O) groups is 2. The number of hydrogen-bond donors (Lipinski definition) is 3. The fourth-order valence-electron chi connectivity index (χ4n) is 1.70. The van der Waals surface area contributed by atoms with E-state index >= 15 is 0 Å². The maximum Gasteiger partial charge on any atom is 0.319 e. The molecule has 5 nitrogen and oxygen atoms in total. The molecule has 0 aromatic heterocycles. The average Bonchev–Trinajstić information content (AvgIpc) is 2.40. The van der Waals surface area contributed by atoms with E-state index in [2.05, 4.69) is 26.6 Å². The highest BCUT2D eigenvalue weighted by Crippen LogP contribution is 2.25. The zero-order valence-electron chi connectivity index (χ0n) is 11.7. The van der Waals surface area contributed by atoms with E-state index in [1.165, 1.54) is 0 Å². The van der Waals surface area contributed by atoms with Crippen LogP contribution in [0, 0.1) is 5.92 Å². The Hall–Kier alpha value is -1.27. The summed E-state index contributed by atoms with van der Waals surface area (Å²) in [6, 6.07) is 4.84. The molecule has 0 saturated heterocycles. The number of carboxylic acids is 1. The smallest absolute Gasteiger partial charge is 0.319 e. The van der Waals surface area contributed by atoms with E-state index in [-0.39, 0.29) is 18.4 Å². The van der Waals surface area contributed by atoms with Crippen molar-refractivity contribution in [3.63, 3.8) is 0 Å². The number of halogens is 2. The van der Waals surface area contributed by atoms with Crippen LogP contribution >= 0.6 is 27.5 Å². The molecule has 1 rings (SSSR count). The molecule has 21 heavy (non-hydrogen) atoms. The molecule has 1 aromatic rings. The summed E-state index contributed by atoms with van der Waals surface area (Å²) < 4.78 is 0.766. The van der Waals surface area contributed by atoms with E-state index in [1.807, 2.05) is 6.92 Å². The number of hydrogen-bond acceptors (Lipinski definition) is 2. The standard InChI is InChI=1S/C14H18BrClN2O3/c1-9(2-5-13(19)20)6-7-17-14(21)18-10-3-4-11(15)12(16)8-10/h3-4,8-9H,2,5-7H2,1H3,(H,19,20)(H2,17,18,21). The Bertz CT molecular complexity index is 511. The van der Waals surface area contributed by atoms with Crippen molar-refractivity contribution in [3.8, 4) is 0 Å². The van der Waals surface area contributed by atoms with E-state index < -0.39 is 5.97 Å². The van der Waals surface area contributed by atoms with Gasteiger partial charge >= 0.3 is 12.0 Å². The summed E-state index contributed by atoms with van der Waals surface area (Å²) in [6.45, 7) is 2.47. The molecule has 0 fully saturated rings. The van der Waals surface area contributed by atoms with Gasteiger partial charge in [-0.05, 0) is 52.9 Å². The lowest BCUT2D eigenvalue weighted by Crippen LogP contribution is -2.30. The lowest BCUT2D eigenvalue weighted by atomic mass is 10.0. The third-order valence-electron chi connectivity index (χ3n) is 2.95. The van der Waals surface area contributed by atoms with Gasteiger partial charge in [0.1, 0.15) is 0 Å². The van der Waals surface area contributed by atoms with E-state index in [0.717, 1.165) is 10.9 Å². The Morgan fingerprint density at radius 3 is 2.71 bits per heavy atom. The largest absolute Gasteiger partial charge is 0.481 e. The lowest BCUT2D eigenvalue weighted by molar-refractivity contribution is -0.137. The molecule has 7 heteroatoms. The van der Waals surface area contributed by atoms with E-state index in [9.17, 15) is 9.59 Å². The zero-order valence-corrected chi connectivity index (χ0v) is 14.0. The molecule has 0 bridgehead atoms. The Balaban J connectivity index is 2.27. The first-order valence-corrected chi connectivity index (χ1v) is 7.77. The van der Waals surface area contributed by atoms with Crippen molar-refractivity contribution in [2.24, 2.45) is 5.92 Å². The van der Waals surface area contributed by atoms with Gasteiger partial charge in [-0.3, -0.25) is 4.79 Å². The fraction of sp³-hybridized carbons (Fsp3) is 0.429. The van der Waals surface area contributed by atoms with E-state index in [1.54, 1.807) is 18.2 Å².